The first-order valence-electron chi connectivity index (χ1n) is 10.3. The number of aromatic nitrogens is 1. The van der Waals surface area contributed by atoms with Crippen LogP contribution in [0.5, 0.6) is 5.75 Å². The van der Waals surface area contributed by atoms with E-state index in [1.165, 1.54) is 38.3 Å². The molecule has 35 heavy (non-hydrogen) atoms. The van der Waals surface area contributed by atoms with Gasteiger partial charge in [0.05, 0.1) is 22.4 Å². The molecular formula is C22H23FN4O6S2. The second-order valence-corrected chi connectivity index (χ2v) is 12.5. The number of aromatic hydroxyl groups is 1. The summed E-state index contributed by atoms with van der Waals surface area (Å²) in [5.41, 5.74) is 0.575. The summed E-state index contributed by atoms with van der Waals surface area (Å²) in [5.74, 6) is -1.78. The van der Waals surface area contributed by atoms with Gasteiger partial charge in [-0.1, -0.05) is 6.07 Å². The maximum atomic E-state index is 13.9. The summed E-state index contributed by atoms with van der Waals surface area (Å²) in [5, 5.41) is 11.2. The number of phenols is 1. The van der Waals surface area contributed by atoms with E-state index in [0.29, 0.717) is 5.39 Å². The third-order valence-corrected chi connectivity index (χ3v) is 9.00. The van der Waals surface area contributed by atoms with E-state index in [-0.39, 0.29) is 45.9 Å². The molecule has 0 saturated heterocycles. The normalized spacial score (nSPS) is 14.1. The molecule has 0 aliphatic carbocycles. The van der Waals surface area contributed by atoms with Crippen molar-refractivity contribution in [1.82, 2.24) is 14.2 Å². The highest BCUT2D eigenvalue weighted by Gasteiger charge is 2.37. The van der Waals surface area contributed by atoms with Crippen molar-refractivity contribution in [3.8, 4) is 5.75 Å². The molecule has 0 atom stereocenters. The molecule has 1 aromatic heterocycles. The Morgan fingerprint density at radius 2 is 1.83 bits per heavy atom. The van der Waals surface area contributed by atoms with E-state index < -0.39 is 37.5 Å². The van der Waals surface area contributed by atoms with Gasteiger partial charge in [-0.15, -0.1) is 0 Å². The number of fused-ring (bicyclic) bond motifs is 2. The van der Waals surface area contributed by atoms with Crippen LogP contribution in [0.15, 0.2) is 41.4 Å². The van der Waals surface area contributed by atoms with Gasteiger partial charge in [0.2, 0.25) is 20.0 Å². The van der Waals surface area contributed by atoms with Gasteiger partial charge in [-0.2, -0.15) is 0 Å². The topological polar surface area (TPSA) is 128 Å². The molecule has 0 radical (unpaired) electrons. The Morgan fingerprint density at radius 1 is 1.14 bits per heavy atom. The van der Waals surface area contributed by atoms with E-state index in [9.17, 15) is 31.1 Å². The van der Waals surface area contributed by atoms with E-state index in [1.54, 1.807) is 12.1 Å². The van der Waals surface area contributed by atoms with Crippen LogP contribution in [-0.4, -0.2) is 69.4 Å². The summed E-state index contributed by atoms with van der Waals surface area (Å²) < 4.78 is 66.3. The summed E-state index contributed by atoms with van der Waals surface area (Å²) in [4.78, 5) is 18.5. The average Bonchev–Trinajstić information content (AvgIpc) is 3.10. The predicted octanol–water partition coefficient (Wildman–Crippen LogP) is 1.88. The van der Waals surface area contributed by atoms with Gasteiger partial charge in [-0.05, 0) is 29.8 Å². The molecule has 1 N–H and O–H groups in total. The molecule has 0 spiro atoms. The van der Waals surface area contributed by atoms with E-state index in [2.05, 4.69) is 4.98 Å². The molecule has 4 rings (SSSR count). The number of hydrogen-bond acceptors (Lipinski definition) is 7. The van der Waals surface area contributed by atoms with Crippen LogP contribution in [0, 0.1) is 5.82 Å². The fourth-order valence-corrected chi connectivity index (χ4v) is 5.75. The van der Waals surface area contributed by atoms with E-state index in [4.69, 9.17) is 0 Å². The number of amides is 1. The predicted molar refractivity (Wildman–Crippen MR) is 128 cm³/mol. The highest BCUT2D eigenvalue weighted by Crippen LogP contribution is 2.44. The molecule has 10 nitrogen and oxygen atoms in total. The lowest BCUT2D eigenvalue weighted by molar-refractivity contribution is 0.0763. The van der Waals surface area contributed by atoms with E-state index in [0.717, 1.165) is 27.0 Å². The zero-order chi connectivity index (χ0) is 25.9. The Labute approximate surface area is 202 Å². The molecule has 0 fully saturated rings. The average molecular weight is 523 g/mol. The van der Waals surface area contributed by atoms with Gasteiger partial charge in [-0.3, -0.25) is 14.1 Å². The lowest BCUT2D eigenvalue weighted by atomic mass is 10.0. The monoisotopic (exact) mass is 522 g/mol. The van der Waals surface area contributed by atoms with Crippen molar-refractivity contribution in [2.45, 2.75) is 18.0 Å². The Hall–Kier alpha value is -3.29. The molecule has 3 aromatic rings. The fourth-order valence-electron chi connectivity index (χ4n) is 4.09. The standard InChI is InChI=1S/C22H23FN4O6S2/c1-25(2)35(32,33)17-10-14(23)8-7-13(17)11-27-12-16-18(22(27)29)21(28)19-15(6-5-9-24-19)20(16)26(3)34(4,30)31/h5-10,28H,11-12H2,1-4H3. The molecular weight excluding hydrogens is 499 g/mol. The van der Waals surface area contributed by atoms with Crippen LogP contribution in [0.1, 0.15) is 21.5 Å². The quantitative estimate of drug-likeness (QED) is 0.524. The van der Waals surface area contributed by atoms with Crippen LogP contribution in [0.2, 0.25) is 0 Å². The summed E-state index contributed by atoms with van der Waals surface area (Å²) in [6.45, 7) is -0.331. The van der Waals surface area contributed by atoms with Crippen LogP contribution in [-0.2, 0) is 33.1 Å². The number of nitrogens with zero attached hydrogens (tertiary/aromatic N) is 4. The molecule has 186 valence electrons. The number of pyridine rings is 1. The van der Waals surface area contributed by atoms with Crippen molar-refractivity contribution in [2.75, 3.05) is 31.7 Å². The molecule has 1 aliphatic rings. The number of sulfonamides is 2. The molecule has 2 aromatic carbocycles. The first-order valence-corrected chi connectivity index (χ1v) is 13.6. The lowest BCUT2D eigenvalue weighted by Crippen LogP contribution is -2.28. The smallest absolute Gasteiger partial charge is 0.258 e. The molecule has 1 amide bonds. The summed E-state index contributed by atoms with van der Waals surface area (Å²) in [6, 6.07) is 6.43. The van der Waals surface area contributed by atoms with E-state index >= 15 is 0 Å². The van der Waals surface area contributed by atoms with Gasteiger partial charge in [0, 0.05) is 51.4 Å². The zero-order valence-electron chi connectivity index (χ0n) is 19.4. The van der Waals surface area contributed by atoms with Crippen LogP contribution >= 0.6 is 0 Å². The van der Waals surface area contributed by atoms with Gasteiger partial charge in [-0.25, -0.2) is 25.5 Å². The summed E-state index contributed by atoms with van der Waals surface area (Å²) >= 11 is 0. The van der Waals surface area contributed by atoms with Crippen molar-refractivity contribution in [3.05, 3.63) is 59.0 Å². The fraction of sp³-hybridized carbons (Fsp3) is 0.273. The minimum absolute atomic E-state index is 0.0598. The minimum atomic E-state index is -4.03. The number of carbonyl (C=O) groups is 1. The van der Waals surface area contributed by atoms with Crippen molar-refractivity contribution < 1.29 is 31.1 Å². The summed E-state index contributed by atoms with van der Waals surface area (Å²) in [7, 11) is -3.82. The third kappa shape index (κ3) is 4.09. The van der Waals surface area contributed by atoms with Gasteiger partial charge >= 0.3 is 0 Å². The largest absolute Gasteiger partial charge is 0.505 e. The SMILES string of the molecule is CN(c1c2c(c(O)c3ncccc13)C(=O)N(Cc1ccc(F)cc1S(=O)(=O)N(C)C)C2)S(C)(=O)=O. The molecule has 0 unspecified atom stereocenters. The number of rotatable bonds is 6. The van der Waals surface area contributed by atoms with Crippen LogP contribution in [0.25, 0.3) is 10.9 Å². The number of anilines is 1. The van der Waals surface area contributed by atoms with Gasteiger partial charge < -0.3 is 10.0 Å². The number of hydrogen-bond donors (Lipinski definition) is 1. The zero-order valence-corrected chi connectivity index (χ0v) is 21.0. The first-order chi connectivity index (χ1) is 16.2. The van der Waals surface area contributed by atoms with Gasteiger partial charge in [0.15, 0.2) is 5.75 Å². The number of halogens is 1. The van der Waals surface area contributed by atoms with Crippen molar-refractivity contribution >= 4 is 42.5 Å². The Morgan fingerprint density at radius 3 is 2.46 bits per heavy atom. The Kier molecular flexibility index (Phi) is 5.98. The molecule has 0 saturated carbocycles. The lowest BCUT2D eigenvalue weighted by Gasteiger charge is -2.22. The molecule has 2 heterocycles. The number of carbonyl (C=O) groups excluding carboxylic acids is 1. The second kappa shape index (κ2) is 8.43. The number of benzene rings is 2. The maximum absolute atomic E-state index is 13.9. The molecule has 0 bridgehead atoms. The highest BCUT2D eigenvalue weighted by molar-refractivity contribution is 7.92. The number of phenolic OH excluding ortho intramolecular Hbond substituents is 1. The maximum Gasteiger partial charge on any atom is 0.258 e. The van der Waals surface area contributed by atoms with Crippen LogP contribution in [0.3, 0.4) is 0 Å². The highest BCUT2D eigenvalue weighted by atomic mass is 32.2. The Balaban J connectivity index is 1.88. The third-order valence-electron chi connectivity index (χ3n) is 5.92. The van der Waals surface area contributed by atoms with Gasteiger partial charge in [0.25, 0.3) is 5.91 Å². The van der Waals surface area contributed by atoms with Crippen molar-refractivity contribution in [3.63, 3.8) is 0 Å². The van der Waals surface area contributed by atoms with Crippen molar-refractivity contribution in [1.29, 1.82) is 0 Å². The second-order valence-electron chi connectivity index (χ2n) is 8.38. The van der Waals surface area contributed by atoms with Crippen molar-refractivity contribution in [2.24, 2.45) is 0 Å². The van der Waals surface area contributed by atoms with Crippen LogP contribution in [0.4, 0.5) is 10.1 Å². The van der Waals surface area contributed by atoms with Gasteiger partial charge in [0.1, 0.15) is 11.3 Å². The first kappa shape index (κ1) is 24.8. The minimum Gasteiger partial charge on any atom is -0.505 e. The Bertz CT molecular complexity index is 1590. The molecule has 13 heteroatoms. The van der Waals surface area contributed by atoms with E-state index in [1.807, 2.05) is 0 Å². The summed E-state index contributed by atoms with van der Waals surface area (Å²) in [6.07, 6.45) is 2.42. The van der Waals surface area contributed by atoms with Crippen LogP contribution < -0.4 is 4.31 Å². The molecule has 1 aliphatic heterocycles.